The number of hydrogen-bond acceptors (Lipinski definition) is 6. The summed E-state index contributed by atoms with van der Waals surface area (Å²) in [5.41, 5.74) is 8.84. The summed E-state index contributed by atoms with van der Waals surface area (Å²) >= 11 is 0. The molecule has 0 saturated heterocycles. The van der Waals surface area contributed by atoms with Crippen LogP contribution in [0.2, 0.25) is 0 Å². The second-order valence-electron chi connectivity index (χ2n) is 11.6. The molecule has 6 rings (SSSR count). The summed E-state index contributed by atoms with van der Waals surface area (Å²) in [6, 6.07) is 33.8. The van der Waals surface area contributed by atoms with Crippen LogP contribution in [0.25, 0.3) is 46.5 Å². The molecule has 0 aliphatic rings. The number of hydrogen-bond donors (Lipinski definition) is 0. The zero-order valence-electron chi connectivity index (χ0n) is 28.2. The van der Waals surface area contributed by atoms with Crippen molar-refractivity contribution in [1.29, 1.82) is 0 Å². The number of oxazole rings is 2. The topological polar surface area (TPSA) is 40.5 Å². The van der Waals surface area contributed by atoms with Gasteiger partial charge in [-0.3, -0.25) is 0 Å². The van der Waals surface area contributed by atoms with E-state index in [9.17, 15) is 0 Å². The molecule has 0 radical (unpaired) electrons. The van der Waals surface area contributed by atoms with Crippen molar-refractivity contribution in [3.63, 3.8) is 0 Å². The molecule has 0 atom stereocenters. The fourth-order valence-corrected chi connectivity index (χ4v) is 7.83. The molecular formula is C40H44N4O2S2+2. The molecule has 8 heteroatoms. The summed E-state index contributed by atoms with van der Waals surface area (Å²) < 4.78 is 16.5. The normalized spacial score (nSPS) is 11.8. The molecular weight excluding hydrogens is 633 g/mol. The summed E-state index contributed by atoms with van der Waals surface area (Å²) in [4.78, 5) is 4.65. The minimum atomic E-state index is 0.866. The van der Waals surface area contributed by atoms with E-state index in [0.717, 1.165) is 82.8 Å². The second-order valence-corrected chi connectivity index (χ2v) is 14.3. The summed E-state index contributed by atoms with van der Waals surface area (Å²) in [7, 11) is 8.22. The van der Waals surface area contributed by atoms with E-state index < -0.39 is 0 Å². The van der Waals surface area contributed by atoms with Gasteiger partial charge in [0.1, 0.15) is 13.1 Å². The molecule has 0 amide bonds. The van der Waals surface area contributed by atoms with Gasteiger partial charge in [-0.1, -0.05) is 70.1 Å². The number of aromatic nitrogens is 2. The summed E-state index contributed by atoms with van der Waals surface area (Å²) in [5, 5.41) is 0. The molecule has 2 heterocycles. The lowest BCUT2D eigenvalue weighted by Gasteiger charge is -2.20. The number of para-hydroxylation sites is 4. The van der Waals surface area contributed by atoms with E-state index in [2.05, 4.69) is 144 Å². The van der Waals surface area contributed by atoms with Crippen LogP contribution < -0.4 is 18.9 Å². The van der Waals surface area contributed by atoms with Gasteiger partial charge in [0, 0.05) is 62.2 Å². The molecule has 0 unspecified atom stereocenters. The Labute approximate surface area is 291 Å². The number of aryl methyl sites for hydroxylation is 2. The fourth-order valence-electron chi connectivity index (χ4n) is 5.75. The van der Waals surface area contributed by atoms with Gasteiger partial charge in [-0.25, -0.2) is 0 Å². The van der Waals surface area contributed by atoms with Crippen LogP contribution in [0.1, 0.15) is 36.8 Å². The Morgan fingerprint density at radius 1 is 0.542 bits per heavy atom. The summed E-state index contributed by atoms with van der Waals surface area (Å²) in [5.74, 6) is 3.87. The highest BCUT2D eigenvalue weighted by Gasteiger charge is 2.19. The molecule has 246 valence electrons. The Hall–Kier alpha value is -4.40. The Kier molecular flexibility index (Phi) is 11.3. The molecule has 0 bridgehead atoms. The molecule has 0 fully saturated rings. The minimum absolute atomic E-state index is 0.866. The number of benzene rings is 4. The number of anilines is 2. The minimum Gasteiger partial charge on any atom is -0.398 e. The monoisotopic (exact) mass is 676 g/mol. The maximum atomic E-state index is 6.08. The molecule has 2 aromatic heterocycles. The SMILES string of the molecule is CC[n+]1c(/C=C/c2ccc(N(C)CCSSCCN(C)c3ccc(/C=C/c4oc5ccccc5[n+]4CC)cc3)cc2)oc2ccccc21. The largest absolute Gasteiger partial charge is 0.398 e. The van der Waals surface area contributed by atoms with Gasteiger partial charge >= 0.3 is 11.8 Å². The van der Waals surface area contributed by atoms with Crippen LogP contribution in [0.5, 0.6) is 0 Å². The van der Waals surface area contributed by atoms with Crippen LogP contribution in [0, 0.1) is 0 Å². The highest BCUT2D eigenvalue weighted by Crippen LogP contribution is 2.24. The number of rotatable bonds is 15. The van der Waals surface area contributed by atoms with Gasteiger partial charge in [0.25, 0.3) is 11.0 Å². The molecule has 0 aliphatic carbocycles. The predicted molar refractivity (Wildman–Crippen MR) is 206 cm³/mol. The van der Waals surface area contributed by atoms with Gasteiger partial charge in [0.2, 0.25) is 11.2 Å². The van der Waals surface area contributed by atoms with Gasteiger partial charge in [0.15, 0.2) is 0 Å². The van der Waals surface area contributed by atoms with Gasteiger partial charge in [-0.05, 0) is 73.5 Å². The molecule has 6 aromatic rings. The van der Waals surface area contributed by atoms with E-state index in [1.165, 1.54) is 11.4 Å². The van der Waals surface area contributed by atoms with Crippen LogP contribution >= 0.6 is 21.6 Å². The lowest BCUT2D eigenvalue weighted by molar-refractivity contribution is -0.674. The van der Waals surface area contributed by atoms with Gasteiger partial charge < -0.3 is 18.6 Å². The van der Waals surface area contributed by atoms with Crippen LogP contribution in [0.4, 0.5) is 11.4 Å². The third-order valence-corrected chi connectivity index (χ3v) is 10.9. The van der Waals surface area contributed by atoms with Gasteiger partial charge in [0.05, 0.1) is 12.2 Å². The summed E-state index contributed by atoms with van der Waals surface area (Å²) in [6.45, 7) is 8.02. The first-order valence-electron chi connectivity index (χ1n) is 16.6. The van der Waals surface area contributed by atoms with Crippen LogP contribution in [0.15, 0.2) is 106 Å². The lowest BCUT2D eigenvalue weighted by Crippen LogP contribution is -2.33. The van der Waals surface area contributed by atoms with Crippen molar-refractivity contribution in [1.82, 2.24) is 0 Å². The average molecular weight is 677 g/mol. The highest BCUT2D eigenvalue weighted by molar-refractivity contribution is 8.76. The second kappa shape index (κ2) is 16.1. The zero-order chi connectivity index (χ0) is 33.3. The fraction of sp³-hybridized carbons (Fsp3) is 0.250. The molecule has 0 N–H and O–H groups in total. The Morgan fingerprint density at radius 3 is 1.33 bits per heavy atom. The van der Waals surface area contributed by atoms with Crippen LogP contribution in [0.3, 0.4) is 0 Å². The maximum absolute atomic E-state index is 6.08. The Morgan fingerprint density at radius 2 is 0.938 bits per heavy atom. The average Bonchev–Trinajstić information content (AvgIpc) is 3.68. The van der Waals surface area contributed by atoms with E-state index in [-0.39, 0.29) is 0 Å². The Bertz CT molecular complexity index is 1850. The van der Waals surface area contributed by atoms with E-state index in [1.54, 1.807) is 0 Å². The van der Waals surface area contributed by atoms with Gasteiger partial charge in [-0.2, -0.15) is 9.13 Å². The smallest absolute Gasteiger partial charge is 0.374 e. The van der Waals surface area contributed by atoms with Crippen molar-refractivity contribution in [2.75, 3.05) is 48.5 Å². The maximum Gasteiger partial charge on any atom is 0.374 e. The van der Waals surface area contributed by atoms with Crippen molar-refractivity contribution in [2.24, 2.45) is 0 Å². The lowest BCUT2D eigenvalue weighted by atomic mass is 10.2. The van der Waals surface area contributed by atoms with Crippen molar-refractivity contribution < 1.29 is 18.0 Å². The first-order valence-corrected chi connectivity index (χ1v) is 19.1. The van der Waals surface area contributed by atoms with Crippen molar-refractivity contribution >= 4 is 79.5 Å². The predicted octanol–water partition coefficient (Wildman–Crippen LogP) is 9.09. The van der Waals surface area contributed by atoms with Crippen molar-refractivity contribution in [3.05, 3.63) is 120 Å². The van der Waals surface area contributed by atoms with Crippen LogP contribution in [-0.4, -0.2) is 38.7 Å². The van der Waals surface area contributed by atoms with Gasteiger partial charge in [-0.15, -0.1) is 0 Å². The quantitative estimate of drug-likeness (QED) is 0.0614. The van der Waals surface area contributed by atoms with E-state index in [1.807, 2.05) is 45.9 Å². The number of fused-ring (bicyclic) bond motifs is 2. The molecule has 0 saturated carbocycles. The molecule has 0 spiro atoms. The first-order chi connectivity index (χ1) is 23.5. The van der Waals surface area contributed by atoms with E-state index in [0.29, 0.717) is 0 Å². The third kappa shape index (κ3) is 8.00. The molecule has 6 nitrogen and oxygen atoms in total. The van der Waals surface area contributed by atoms with E-state index in [4.69, 9.17) is 8.83 Å². The third-order valence-electron chi connectivity index (χ3n) is 8.51. The summed E-state index contributed by atoms with van der Waals surface area (Å²) in [6.07, 6.45) is 8.36. The molecule has 48 heavy (non-hydrogen) atoms. The molecule has 0 aliphatic heterocycles. The number of nitrogens with zero attached hydrogens (tertiary/aromatic N) is 4. The van der Waals surface area contributed by atoms with Crippen molar-refractivity contribution in [2.45, 2.75) is 26.9 Å². The zero-order valence-corrected chi connectivity index (χ0v) is 29.8. The Balaban J connectivity index is 0.909. The first kappa shape index (κ1) is 33.5. The highest BCUT2D eigenvalue weighted by atomic mass is 33.1. The molecule has 4 aromatic carbocycles. The van der Waals surface area contributed by atoms with E-state index >= 15 is 0 Å². The van der Waals surface area contributed by atoms with Crippen molar-refractivity contribution in [3.8, 4) is 0 Å². The van der Waals surface area contributed by atoms with Crippen LogP contribution in [-0.2, 0) is 13.1 Å². The standard InChI is InChI=1S/C40H44N4O2S2/c1-5-43-35-11-7-9-13-37(35)45-39(43)25-19-31-15-21-33(22-16-31)41(3)27-29-47-48-30-28-42(4)34-23-17-32(18-24-34)20-26-40-44(6-2)36-12-8-10-14-38(36)46-40/h7-26H,5-6,27-30H2,1-4H3/q+2.